The summed E-state index contributed by atoms with van der Waals surface area (Å²) in [6.45, 7) is -0.396. The van der Waals surface area contributed by atoms with Crippen molar-refractivity contribution in [2.75, 3.05) is 6.61 Å². The van der Waals surface area contributed by atoms with Crippen molar-refractivity contribution in [3.05, 3.63) is 71.9 Å². The Hall–Kier alpha value is -3.02. The third kappa shape index (κ3) is 2.85. The van der Waals surface area contributed by atoms with E-state index < -0.39 is 24.2 Å². The number of benzene rings is 1. The van der Waals surface area contributed by atoms with E-state index in [2.05, 4.69) is 4.98 Å². The van der Waals surface area contributed by atoms with Crippen molar-refractivity contribution < 1.29 is 18.7 Å². The van der Waals surface area contributed by atoms with Crippen molar-refractivity contribution in [1.82, 2.24) is 9.38 Å². The van der Waals surface area contributed by atoms with Crippen LogP contribution in [-0.4, -0.2) is 27.7 Å². The number of aromatic nitrogens is 2. The van der Waals surface area contributed by atoms with Crippen molar-refractivity contribution in [1.29, 1.82) is 0 Å². The number of pyridine rings is 1. The molecule has 3 rings (SSSR count). The van der Waals surface area contributed by atoms with Gasteiger partial charge >= 0.3 is 5.97 Å². The molecule has 110 valence electrons. The molecule has 0 radical (unpaired) electrons. The highest BCUT2D eigenvalue weighted by atomic mass is 19.1. The molecule has 1 aromatic carbocycles. The zero-order valence-corrected chi connectivity index (χ0v) is 11.4. The molecule has 3 aromatic rings. The number of Topliss-reactive ketones (excluding diaryl/α,β-unsaturated/α-hetero) is 1. The second-order valence-electron chi connectivity index (χ2n) is 4.62. The van der Waals surface area contributed by atoms with Crippen LogP contribution in [0, 0.1) is 5.82 Å². The van der Waals surface area contributed by atoms with Gasteiger partial charge in [0.2, 0.25) is 0 Å². The number of carbonyl (C=O) groups excluding carboxylic acids is 2. The third-order valence-corrected chi connectivity index (χ3v) is 3.13. The number of fused-ring (bicyclic) bond motifs is 1. The van der Waals surface area contributed by atoms with Crippen molar-refractivity contribution >= 4 is 17.4 Å². The average molecular weight is 298 g/mol. The van der Waals surface area contributed by atoms with Crippen molar-refractivity contribution in [3.8, 4) is 0 Å². The minimum atomic E-state index is -0.605. The first-order chi connectivity index (χ1) is 10.6. The monoisotopic (exact) mass is 298 g/mol. The minimum Gasteiger partial charge on any atom is -0.454 e. The van der Waals surface area contributed by atoms with E-state index in [1.807, 2.05) is 0 Å². The molecular formula is C16H11FN2O3. The average Bonchev–Trinajstić information content (AvgIpc) is 3.00. The van der Waals surface area contributed by atoms with Crippen LogP contribution in [0.25, 0.3) is 5.65 Å². The van der Waals surface area contributed by atoms with Crippen molar-refractivity contribution in [2.45, 2.75) is 0 Å². The van der Waals surface area contributed by atoms with Gasteiger partial charge in [-0.2, -0.15) is 0 Å². The number of halogens is 1. The Balaban J connectivity index is 1.66. The Bertz CT molecular complexity index is 840. The van der Waals surface area contributed by atoms with E-state index in [1.165, 1.54) is 24.3 Å². The first-order valence-corrected chi connectivity index (χ1v) is 6.52. The maximum Gasteiger partial charge on any atom is 0.340 e. The van der Waals surface area contributed by atoms with Crippen LogP contribution >= 0.6 is 0 Å². The lowest BCUT2D eigenvalue weighted by atomic mass is 10.1. The Morgan fingerprint density at radius 2 is 1.82 bits per heavy atom. The highest BCUT2D eigenvalue weighted by Gasteiger charge is 2.12. The van der Waals surface area contributed by atoms with Gasteiger partial charge in [0.1, 0.15) is 11.5 Å². The molecule has 5 nitrogen and oxygen atoms in total. The largest absolute Gasteiger partial charge is 0.454 e. The van der Waals surface area contributed by atoms with Gasteiger partial charge in [0.05, 0.1) is 5.56 Å². The lowest BCUT2D eigenvalue weighted by molar-refractivity contribution is 0.0474. The van der Waals surface area contributed by atoms with E-state index in [0.717, 1.165) is 0 Å². The van der Waals surface area contributed by atoms with Crippen LogP contribution in [0.15, 0.2) is 55.0 Å². The molecule has 0 saturated carbocycles. The number of hydrogen-bond acceptors (Lipinski definition) is 4. The lowest BCUT2D eigenvalue weighted by Gasteiger charge is -2.05. The zero-order chi connectivity index (χ0) is 15.5. The van der Waals surface area contributed by atoms with Gasteiger partial charge in [-0.3, -0.25) is 4.79 Å². The smallest absolute Gasteiger partial charge is 0.340 e. The summed E-state index contributed by atoms with van der Waals surface area (Å²) in [4.78, 5) is 27.8. The van der Waals surface area contributed by atoms with Gasteiger partial charge in [0.25, 0.3) is 0 Å². The predicted molar refractivity (Wildman–Crippen MR) is 76.2 cm³/mol. The van der Waals surface area contributed by atoms with E-state index in [4.69, 9.17) is 4.74 Å². The fourth-order valence-electron chi connectivity index (χ4n) is 1.97. The number of ketones is 1. The topological polar surface area (TPSA) is 60.7 Å². The van der Waals surface area contributed by atoms with E-state index in [9.17, 15) is 14.0 Å². The normalized spacial score (nSPS) is 10.6. The number of hydrogen-bond donors (Lipinski definition) is 0. The lowest BCUT2D eigenvalue weighted by Crippen LogP contribution is -2.14. The Morgan fingerprint density at radius 1 is 1.09 bits per heavy atom. The van der Waals surface area contributed by atoms with E-state index in [0.29, 0.717) is 16.8 Å². The van der Waals surface area contributed by atoms with E-state index >= 15 is 0 Å². The van der Waals surface area contributed by atoms with Crippen LogP contribution in [0.3, 0.4) is 0 Å². The number of ether oxygens (including phenoxy) is 1. The molecule has 0 unspecified atom stereocenters. The first-order valence-electron chi connectivity index (χ1n) is 6.52. The number of carbonyl (C=O) groups is 2. The van der Waals surface area contributed by atoms with Crippen molar-refractivity contribution in [2.24, 2.45) is 0 Å². The molecule has 0 atom stereocenters. The highest BCUT2D eigenvalue weighted by molar-refractivity contribution is 5.99. The van der Waals surface area contributed by atoms with E-state index in [1.54, 1.807) is 35.1 Å². The van der Waals surface area contributed by atoms with Gasteiger partial charge in [-0.05, 0) is 36.4 Å². The summed E-state index contributed by atoms with van der Waals surface area (Å²) >= 11 is 0. The molecular weight excluding hydrogens is 287 g/mol. The fourth-order valence-corrected chi connectivity index (χ4v) is 1.97. The maximum atomic E-state index is 12.8. The van der Waals surface area contributed by atoms with Gasteiger partial charge in [0.15, 0.2) is 12.4 Å². The molecule has 2 heterocycles. The molecule has 0 N–H and O–H groups in total. The summed E-state index contributed by atoms with van der Waals surface area (Å²) < 4.78 is 19.4. The predicted octanol–water partition coefficient (Wildman–Crippen LogP) is 2.51. The molecule has 2 aromatic heterocycles. The summed E-state index contributed by atoms with van der Waals surface area (Å²) in [7, 11) is 0. The molecule has 0 aliphatic heterocycles. The van der Waals surface area contributed by atoms with E-state index in [-0.39, 0.29) is 0 Å². The highest BCUT2D eigenvalue weighted by Crippen LogP contribution is 2.08. The van der Waals surface area contributed by atoms with Gasteiger partial charge in [-0.15, -0.1) is 0 Å². The minimum absolute atomic E-state index is 0.291. The molecule has 0 saturated heterocycles. The quantitative estimate of drug-likeness (QED) is 0.548. The van der Waals surface area contributed by atoms with Gasteiger partial charge in [0, 0.05) is 24.2 Å². The second kappa shape index (κ2) is 5.77. The Labute approximate surface area is 125 Å². The number of rotatable bonds is 4. The third-order valence-electron chi connectivity index (χ3n) is 3.13. The Kier molecular flexibility index (Phi) is 3.65. The molecule has 0 bridgehead atoms. The summed E-state index contributed by atoms with van der Waals surface area (Å²) in [6.07, 6.45) is 4.89. The summed E-state index contributed by atoms with van der Waals surface area (Å²) in [5.41, 5.74) is 1.32. The van der Waals surface area contributed by atoms with Crippen LogP contribution in [-0.2, 0) is 4.74 Å². The zero-order valence-electron chi connectivity index (χ0n) is 11.4. The summed E-state index contributed by atoms with van der Waals surface area (Å²) in [6, 6.07) is 8.32. The first kappa shape index (κ1) is 13.9. The maximum absolute atomic E-state index is 12.8. The van der Waals surface area contributed by atoms with Crippen LogP contribution in [0.5, 0.6) is 0 Å². The van der Waals surface area contributed by atoms with Gasteiger partial charge < -0.3 is 9.14 Å². The molecule has 0 amide bonds. The Morgan fingerprint density at radius 3 is 2.59 bits per heavy atom. The van der Waals surface area contributed by atoms with Crippen LogP contribution in [0.1, 0.15) is 20.7 Å². The van der Waals surface area contributed by atoms with Crippen LogP contribution in [0.2, 0.25) is 0 Å². The van der Waals surface area contributed by atoms with Crippen molar-refractivity contribution in [3.63, 3.8) is 0 Å². The van der Waals surface area contributed by atoms with Crippen LogP contribution in [0.4, 0.5) is 4.39 Å². The molecule has 0 aliphatic rings. The van der Waals surface area contributed by atoms with Gasteiger partial charge in [-0.25, -0.2) is 14.2 Å². The fraction of sp³-hybridized carbons (Fsp3) is 0.0625. The SMILES string of the molecule is O=C(COC(=O)c1ccc2nccn2c1)c1ccc(F)cc1. The summed E-state index contributed by atoms with van der Waals surface area (Å²) in [5.74, 6) is -1.43. The molecule has 0 aliphatic carbocycles. The van der Waals surface area contributed by atoms with Crippen LogP contribution < -0.4 is 0 Å². The molecule has 6 heteroatoms. The summed E-state index contributed by atoms with van der Waals surface area (Å²) in [5, 5.41) is 0. The number of imidazole rings is 1. The molecule has 22 heavy (non-hydrogen) atoms. The number of nitrogens with zero attached hydrogens (tertiary/aromatic N) is 2. The molecule has 0 spiro atoms. The number of esters is 1. The standard InChI is InChI=1S/C16H11FN2O3/c17-13-4-1-11(2-5-13)14(20)10-22-16(21)12-3-6-15-18-7-8-19(15)9-12/h1-9H,10H2. The molecule has 0 fully saturated rings. The second-order valence-corrected chi connectivity index (χ2v) is 4.62. The van der Waals surface area contributed by atoms with Gasteiger partial charge in [-0.1, -0.05) is 0 Å².